The van der Waals surface area contributed by atoms with Gasteiger partial charge in [-0.25, -0.2) is 9.78 Å². The molecule has 0 saturated carbocycles. The third-order valence-electron chi connectivity index (χ3n) is 4.81. The average molecular weight is 476 g/mol. The highest BCUT2D eigenvalue weighted by atomic mass is 19.4. The average Bonchev–Trinajstić information content (AvgIpc) is 2.77. The Morgan fingerprint density at radius 1 is 1.06 bits per heavy atom. The SMILES string of the molecule is CC(C)OC(=O)COC(=O)CCc1nc2cc(C(F)(F)F)ccc2n(Cc2ccccc2)c1=O. The Kier molecular flexibility index (Phi) is 7.70. The summed E-state index contributed by atoms with van der Waals surface area (Å²) in [4.78, 5) is 40.8. The number of carbonyl (C=O) groups is 2. The van der Waals surface area contributed by atoms with Crippen LogP contribution in [0.5, 0.6) is 0 Å². The van der Waals surface area contributed by atoms with Gasteiger partial charge in [-0.1, -0.05) is 30.3 Å². The third kappa shape index (κ3) is 6.43. The summed E-state index contributed by atoms with van der Waals surface area (Å²) in [5, 5.41) is 0. The standard InChI is InChI=1S/C24H23F3N2O5/c1-15(2)34-22(31)14-33-21(30)11-9-18-23(32)29(13-16-6-4-3-5-7-16)20-10-8-17(24(25,26)27)12-19(20)28-18/h3-8,10,12,15H,9,11,13-14H2,1-2H3. The van der Waals surface area contributed by atoms with Gasteiger partial charge in [0.15, 0.2) is 6.61 Å². The Morgan fingerprint density at radius 3 is 2.41 bits per heavy atom. The lowest BCUT2D eigenvalue weighted by Gasteiger charge is -2.14. The zero-order valence-corrected chi connectivity index (χ0v) is 18.6. The maximum absolute atomic E-state index is 13.2. The van der Waals surface area contributed by atoms with E-state index in [2.05, 4.69) is 4.98 Å². The van der Waals surface area contributed by atoms with E-state index in [1.54, 1.807) is 44.2 Å². The van der Waals surface area contributed by atoms with Crippen molar-refractivity contribution in [3.63, 3.8) is 0 Å². The first kappa shape index (κ1) is 24.9. The van der Waals surface area contributed by atoms with E-state index in [-0.39, 0.29) is 42.2 Å². The molecule has 180 valence electrons. The molecule has 0 atom stereocenters. The summed E-state index contributed by atoms with van der Waals surface area (Å²) >= 11 is 0. The molecule has 7 nitrogen and oxygen atoms in total. The fraction of sp³-hybridized carbons (Fsp3) is 0.333. The first-order valence-electron chi connectivity index (χ1n) is 10.5. The summed E-state index contributed by atoms with van der Waals surface area (Å²) in [6, 6.07) is 11.9. The van der Waals surface area contributed by atoms with Gasteiger partial charge in [0, 0.05) is 6.42 Å². The molecular formula is C24H23F3N2O5. The number of aromatic nitrogens is 2. The first-order chi connectivity index (χ1) is 16.0. The van der Waals surface area contributed by atoms with Crippen LogP contribution in [0, 0.1) is 0 Å². The summed E-state index contributed by atoms with van der Waals surface area (Å²) in [6.45, 7) is 2.84. The first-order valence-corrected chi connectivity index (χ1v) is 10.5. The predicted molar refractivity (Wildman–Crippen MR) is 117 cm³/mol. The van der Waals surface area contributed by atoms with Crippen molar-refractivity contribution in [2.75, 3.05) is 6.61 Å². The van der Waals surface area contributed by atoms with Crippen LogP contribution >= 0.6 is 0 Å². The van der Waals surface area contributed by atoms with Gasteiger partial charge in [0.05, 0.1) is 35.7 Å². The van der Waals surface area contributed by atoms with E-state index < -0.39 is 35.8 Å². The highest BCUT2D eigenvalue weighted by molar-refractivity contribution is 5.77. The molecule has 0 aliphatic carbocycles. The molecule has 2 aromatic carbocycles. The second-order valence-corrected chi connectivity index (χ2v) is 7.84. The topological polar surface area (TPSA) is 87.5 Å². The summed E-state index contributed by atoms with van der Waals surface area (Å²) in [5.74, 6) is -1.47. The smallest absolute Gasteiger partial charge is 0.416 e. The van der Waals surface area contributed by atoms with Crippen LogP contribution in [-0.4, -0.2) is 34.2 Å². The summed E-state index contributed by atoms with van der Waals surface area (Å²) in [5.41, 5.74) is -0.510. The monoisotopic (exact) mass is 476 g/mol. The number of fused-ring (bicyclic) bond motifs is 1. The lowest BCUT2D eigenvalue weighted by atomic mass is 10.1. The molecule has 0 radical (unpaired) electrons. The number of alkyl halides is 3. The second-order valence-electron chi connectivity index (χ2n) is 7.84. The molecule has 0 fully saturated rings. The number of benzene rings is 2. The van der Waals surface area contributed by atoms with Gasteiger partial charge in [-0.2, -0.15) is 13.2 Å². The largest absolute Gasteiger partial charge is 0.460 e. The third-order valence-corrected chi connectivity index (χ3v) is 4.81. The number of carbonyl (C=O) groups excluding carboxylic acids is 2. The minimum atomic E-state index is -4.58. The van der Waals surface area contributed by atoms with Crippen molar-refractivity contribution in [3.8, 4) is 0 Å². The minimum Gasteiger partial charge on any atom is -0.460 e. The number of hydrogen-bond donors (Lipinski definition) is 0. The van der Waals surface area contributed by atoms with E-state index in [0.717, 1.165) is 17.7 Å². The minimum absolute atomic E-state index is 0.0192. The van der Waals surface area contributed by atoms with Crippen LogP contribution in [0.2, 0.25) is 0 Å². The van der Waals surface area contributed by atoms with E-state index in [0.29, 0.717) is 0 Å². The van der Waals surface area contributed by atoms with Gasteiger partial charge in [-0.15, -0.1) is 0 Å². The molecule has 0 N–H and O–H groups in total. The van der Waals surface area contributed by atoms with Crippen LogP contribution in [0.1, 0.15) is 37.1 Å². The normalized spacial score (nSPS) is 11.6. The van der Waals surface area contributed by atoms with E-state index in [1.165, 1.54) is 10.6 Å². The molecule has 1 aromatic heterocycles. The molecule has 3 rings (SSSR count). The van der Waals surface area contributed by atoms with Crippen LogP contribution in [0.4, 0.5) is 13.2 Å². The van der Waals surface area contributed by atoms with Crippen LogP contribution in [-0.2, 0) is 38.2 Å². The number of hydrogen-bond acceptors (Lipinski definition) is 6. The summed E-state index contributed by atoms with van der Waals surface area (Å²) in [7, 11) is 0. The molecule has 34 heavy (non-hydrogen) atoms. The van der Waals surface area contributed by atoms with Crippen molar-refractivity contribution in [1.82, 2.24) is 9.55 Å². The van der Waals surface area contributed by atoms with Crippen molar-refractivity contribution < 1.29 is 32.2 Å². The lowest BCUT2D eigenvalue weighted by Crippen LogP contribution is -2.27. The van der Waals surface area contributed by atoms with Gasteiger partial charge < -0.3 is 14.0 Å². The van der Waals surface area contributed by atoms with E-state index in [9.17, 15) is 27.6 Å². The van der Waals surface area contributed by atoms with E-state index in [4.69, 9.17) is 9.47 Å². The fourth-order valence-electron chi connectivity index (χ4n) is 3.29. The maximum Gasteiger partial charge on any atom is 0.416 e. The maximum atomic E-state index is 13.2. The van der Waals surface area contributed by atoms with Gasteiger partial charge in [0.25, 0.3) is 5.56 Å². The molecule has 0 aliphatic heterocycles. The quantitative estimate of drug-likeness (QED) is 0.459. The Labute approximate surface area is 193 Å². The van der Waals surface area contributed by atoms with Crippen LogP contribution in [0.15, 0.2) is 53.3 Å². The van der Waals surface area contributed by atoms with Crippen LogP contribution in [0.25, 0.3) is 11.0 Å². The number of halogens is 3. The van der Waals surface area contributed by atoms with E-state index in [1.807, 2.05) is 0 Å². The van der Waals surface area contributed by atoms with E-state index >= 15 is 0 Å². The molecule has 3 aromatic rings. The van der Waals surface area contributed by atoms with Crippen molar-refractivity contribution >= 4 is 23.0 Å². The Hall–Kier alpha value is -3.69. The number of ether oxygens (including phenoxy) is 2. The van der Waals surface area contributed by atoms with Crippen molar-refractivity contribution in [2.24, 2.45) is 0 Å². The molecule has 0 amide bonds. The fourth-order valence-corrected chi connectivity index (χ4v) is 3.29. The highest BCUT2D eigenvalue weighted by Gasteiger charge is 2.31. The van der Waals surface area contributed by atoms with Crippen molar-refractivity contribution in [1.29, 1.82) is 0 Å². The van der Waals surface area contributed by atoms with Gasteiger partial charge >= 0.3 is 18.1 Å². The molecular weight excluding hydrogens is 453 g/mol. The zero-order chi connectivity index (χ0) is 24.9. The lowest BCUT2D eigenvalue weighted by molar-refractivity contribution is -0.161. The number of aryl methyl sites for hydroxylation is 1. The van der Waals surface area contributed by atoms with Gasteiger partial charge in [-0.3, -0.25) is 9.59 Å². The Bertz CT molecular complexity index is 1240. The molecule has 1 heterocycles. The molecule has 0 aliphatic rings. The van der Waals surface area contributed by atoms with Gasteiger partial charge in [0.2, 0.25) is 0 Å². The van der Waals surface area contributed by atoms with Gasteiger partial charge in [-0.05, 0) is 37.6 Å². The number of rotatable bonds is 8. The van der Waals surface area contributed by atoms with Crippen LogP contribution < -0.4 is 5.56 Å². The zero-order valence-electron chi connectivity index (χ0n) is 18.6. The predicted octanol–water partition coefficient (Wildman–Crippen LogP) is 3.89. The number of nitrogens with zero attached hydrogens (tertiary/aromatic N) is 2. The molecule has 0 unspecified atom stereocenters. The highest BCUT2D eigenvalue weighted by Crippen LogP contribution is 2.31. The molecule has 0 bridgehead atoms. The molecule has 10 heteroatoms. The van der Waals surface area contributed by atoms with Crippen molar-refractivity contribution in [3.05, 3.63) is 75.7 Å². The molecule has 0 saturated heterocycles. The Balaban J connectivity index is 1.89. The number of esters is 2. The molecule has 0 spiro atoms. The summed E-state index contributed by atoms with van der Waals surface area (Å²) in [6.07, 6.45) is -5.40. The van der Waals surface area contributed by atoms with Crippen LogP contribution in [0.3, 0.4) is 0 Å². The van der Waals surface area contributed by atoms with Gasteiger partial charge in [0.1, 0.15) is 5.69 Å². The second kappa shape index (κ2) is 10.5. The Morgan fingerprint density at radius 2 is 1.76 bits per heavy atom. The summed E-state index contributed by atoms with van der Waals surface area (Å²) < 4.78 is 50.7. The van der Waals surface area contributed by atoms with Crippen molar-refractivity contribution in [2.45, 2.75) is 45.5 Å².